The lowest BCUT2D eigenvalue weighted by molar-refractivity contribution is 0.569. The molecule has 1 heteroatoms. The van der Waals surface area contributed by atoms with Crippen molar-refractivity contribution in [2.75, 3.05) is 0 Å². The summed E-state index contributed by atoms with van der Waals surface area (Å²) in [5, 5.41) is 0. The van der Waals surface area contributed by atoms with Crippen molar-refractivity contribution in [3.63, 3.8) is 0 Å². The molecule has 0 saturated heterocycles. The first-order chi connectivity index (χ1) is 6.27. The van der Waals surface area contributed by atoms with Crippen LogP contribution in [-0.4, -0.2) is 7.28 Å². The first-order valence-corrected chi connectivity index (χ1v) is 6.12. The second kappa shape index (κ2) is 4.06. The van der Waals surface area contributed by atoms with Gasteiger partial charge in [0.1, 0.15) is 7.28 Å². The largest absolute Gasteiger partial charge is 0.118 e. The molecule has 2 fully saturated rings. The topological polar surface area (TPSA) is 0 Å². The van der Waals surface area contributed by atoms with Crippen LogP contribution < -0.4 is 0 Å². The van der Waals surface area contributed by atoms with E-state index in [4.69, 9.17) is 0 Å². The maximum absolute atomic E-state index is 2.72. The van der Waals surface area contributed by atoms with E-state index in [9.17, 15) is 0 Å². The van der Waals surface area contributed by atoms with Gasteiger partial charge in [-0.3, -0.25) is 0 Å². The quantitative estimate of drug-likeness (QED) is 0.561. The van der Waals surface area contributed by atoms with E-state index in [-0.39, 0.29) is 0 Å². The van der Waals surface area contributed by atoms with Gasteiger partial charge in [0.15, 0.2) is 0 Å². The molecule has 1 radical (unpaired) electrons. The second-order valence-corrected chi connectivity index (χ2v) is 5.34. The van der Waals surface area contributed by atoms with Crippen LogP contribution in [0, 0.1) is 11.8 Å². The molecule has 2 aliphatic rings. The van der Waals surface area contributed by atoms with Crippen LogP contribution in [0.25, 0.3) is 0 Å². The van der Waals surface area contributed by atoms with Gasteiger partial charge in [0.25, 0.3) is 0 Å². The third-order valence-corrected chi connectivity index (χ3v) is 4.35. The lowest BCUT2D eigenvalue weighted by Crippen LogP contribution is -2.15. The highest BCUT2D eigenvalue weighted by Gasteiger charge is 2.31. The van der Waals surface area contributed by atoms with Gasteiger partial charge in [-0.25, -0.2) is 0 Å². The van der Waals surface area contributed by atoms with Gasteiger partial charge in [0, 0.05) is 0 Å². The molecule has 0 unspecified atom stereocenters. The third-order valence-electron chi connectivity index (χ3n) is 4.35. The Morgan fingerprint density at radius 2 is 1.23 bits per heavy atom. The summed E-state index contributed by atoms with van der Waals surface area (Å²) < 4.78 is 0. The Labute approximate surface area is 83.7 Å². The molecule has 0 aromatic carbocycles. The van der Waals surface area contributed by atoms with Crippen molar-refractivity contribution in [2.24, 2.45) is 11.8 Å². The van der Waals surface area contributed by atoms with Gasteiger partial charge in [-0.2, -0.15) is 0 Å². The van der Waals surface area contributed by atoms with E-state index in [1.165, 1.54) is 38.5 Å². The third kappa shape index (κ3) is 2.11. The minimum absolute atomic E-state index is 0.963. The minimum Gasteiger partial charge on any atom is -0.0660 e. The fourth-order valence-electron chi connectivity index (χ4n) is 3.24. The minimum atomic E-state index is 0.963. The smallest absolute Gasteiger partial charge is 0.0660 e. The van der Waals surface area contributed by atoms with Crippen molar-refractivity contribution in [2.45, 2.75) is 64.0 Å². The van der Waals surface area contributed by atoms with Crippen LogP contribution in [0.15, 0.2) is 0 Å². The van der Waals surface area contributed by atoms with E-state index in [0.717, 1.165) is 23.5 Å². The predicted octanol–water partition coefficient (Wildman–Crippen LogP) is 3.91. The van der Waals surface area contributed by atoms with E-state index < -0.39 is 0 Å². The van der Waals surface area contributed by atoms with Gasteiger partial charge in [-0.05, 0) is 11.8 Å². The molecule has 0 amide bonds. The summed E-state index contributed by atoms with van der Waals surface area (Å²) >= 11 is 0. The average Bonchev–Trinajstić information content (AvgIpc) is 2.65. The van der Waals surface area contributed by atoms with Crippen molar-refractivity contribution in [3.05, 3.63) is 0 Å². The molecular weight excluding hydrogens is 155 g/mol. The van der Waals surface area contributed by atoms with Gasteiger partial charge in [0.05, 0.1) is 0 Å². The Bertz CT molecular complexity index is 149. The normalized spacial score (nSPS) is 45.4. The lowest BCUT2D eigenvalue weighted by atomic mass is 9.50. The summed E-state index contributed by atoms with van der Waals surface area (Å²) in [5.74, 6) is 3.89. The van der Waals surface area contributed by atoms with Crippen LogP contribution >= 0.6 is 0 Å². The van der Waals surface area contributed by atoms with Crippen LogP contribution in [0.3, 0.4) is 0 Å². The molecule has 2 saturated carbocycles. The van der Waals surface area contributed by atoms with Crippen molar-refractivity contribution >= 4 is 7.28 Å². The summed E-state index contributed by atoms with van der Waals surface area (Å²) in [6.07, 6.45) is 8.85. The molecule has 0 nitrogen and oxygen atoms in total. The Hall–Kier alpha value is 0.0649. The van der Waals surface area contributed by atoms with Crippen LogP contribution in [0.4, 0.5) is 0 Å². The standard InChI is InChI=1S/C12H22B/c1-9-5-3-7-11(9)13-12-8-4-6-10(12)2/h9-12H,3-8H2,1-2H3/t9-,10-,11-,12-/m1/s1. The first-order valence-electron chi connectivity index (χ1n) is 6.12. The van der Waals surface area contributed by atoms with Crippen LogP contribution in [-0.2, 0) is 0 Å². The maximum atomic E-state index is 2.72. The zero-order valence-corrected chi connectivity index (χ0v) is 9.13. The highest BCUT2D eigenvalue weighted by Crippen LogP contribution is 2.43. The molecule has 73 valence electrons. The molecule has 0 aromatic heterocycles. The molecule has 0 spiro atoms. The van der Waals surface area contributed by atoms with Crippen molar-refractivity contribution < 1.29 is 0 Å². The molecular formula is C12H22B. The first kappa shape index (κ1) is 9.61. The Balaban J connectivity index is 1.82. The Morgan fingerprint density at radius 1 is 0.769 bits per heavy atom. The van der Waals surface area contributed by atoms with Crippen LogP contribution in [0.2, 0.25) is 11.6 Å². The maximum Gasteiger partial charge on any atom is 0.118 e. The van der Waals surface area contributed by atoms with Gasteiger partial charge in [0.2, 0.25) is 0 Å². The molecule has 0 N–H and O–H groups in total. The monoisotopic (exact) mass is 177 g/mol. The van der Waals surface area contributed by atoms with Gasteiger partial charge in [-0.15, -0.1) is 0 Å². The molecule has 4 atom stereocenters. The summed E-state index contributed by atoms with van der Waals surface area (Å²) in [6.45, 7) is 4.88. The lowest BCUT2D eigenvalue weighted by Gasteiger charge is -2.21. The van der Waals surface area contributed by atoms with Gasteiger partial charge >= 0.3 is 0 Å². The van der Waals surface area contributed by atoms with E-state index in [1.54, 1.807) is 0 Å². The predicted molar refractivity (Wildman–Crippen MR) is 59.3 cm³/mol. The zero-order chi connectivity index (χ0) is 9.26. The molecule has 0 heterocycles. The summed E-state index contributed by atoms with van der Waals surface area (Å²) in [5.41, 5.74) is 0. The van der Waals surface area contributed by atoms with E-state index in [2.05, 4.69) is 21.1 Å². The SMILES string of the molecule is C[C@@H]1CCC[C@H]1[B][C@@H]1CCC[C@H]1C. The fraction of sp³-hybridized carbons (Fsp3) is 1.00. The Kier molecular flexibility index (Phi) is 3.01. The summed E-state index contributed by atoms with van der Waals surface area (Å²) in [4.78, 5) is 0. The van der Waals surface area contributed by atoms with Crippen molar-refractivity contribution in [1.29, 1.82) is 0 Å². The molecule has 0 bridgehead atoms. The molecule has 13 heavy (non-hydrogen) atoms. The highest BCUT2D eigenvalue weighted by molar-refractivity contribution is 6.40. The second-order valence-electron chi connectivity index (χ2n) is 5.34. The van der Waals surface area contributed by atoms with Crippen molar-refractivity contribution in [3.8, 4) is 0 Å². The molecule has 0 aromatic rings. The van der Waals surface area contributed by atoms with E-state index in [0.29, 0.717) is 0 Å². The van der Waals surface area contributed by atoms with Crippen molar-refractivity contribution in [1.82, 2.24) is 0 Å². The molecule has 2 aliphatic carbocycles. The fourth-order valence-corrected chi connectivity index (χ4v) is 3.24. The molecule has 0 aliphatic heterocycles. The molecule has 2 rings (SSSR count). The van der Waals surface area contributed by atoms with Crippen LogP contribution in [0.5, 0.6) is 0 Å². The van der Waals surface area contributed by atoms with Gasteiger partial charge in [-0.1, -0.05) is 64.0 Å². The number of hydrogen-bond acceptors (Lipinski definition) is 0. The number of hydrogen-bond donors (Lipinski definition) is 0. The van der Waals surface area contributed by atoms with E-state index >= 15 is 0 Å². The summed E-state index contributed by atoms with van der Waals surface area (Å²) in [6, 6.07) is 0. The summed E-state index contributed by atoms with van der Waals surface area (Å²) in [7, 11) is 2.72. The number of rotatable bonds is 2. The zero-order valence-electron chi connectivity index (χ0n) is 9.13. The van der Waals surface area contributed by atoms with E-state index in [1.807, 2.05) is 0 Å². The highest BCUT2D eigenvalue weighted by atomic mass is 14.3. The van der Waals surface area contributed by atoms with Crippen LogP contribution in [0.1, 0.15) is 52.4 Å². The average molecular weight is 177 g/mol. The Morgan fingerprint density at radius 3 is 1.54 bits per heavy atom. The van der Waals surface area contributed by atoms with Gasteiger partial charge < -0.3 is 0 Å².